The average molecular weight is 444 g/mol. The molecule has 24 heavy (non-hydrogen) atoms. The van der Waals surface area contributed by atoms with Crippen molar-refractivity contribution in [2.75, 3.05) is 10.6 Å². The maximum atomic E-state index is 12.4. The summed E-state index contributed by atoms with van der Waals surface area (Å²) in [4.78, 5) is 20.7. The molecule has 0 spiro atoms. The largest absolute Gasteiger partial charge is 0.343 e. The summed E-state index contributed by atoms with van der Waals surface area (Å²) in [5.74, 6) is 0.0385. The van der Waals surface area contributed by atoms with Crippen molar-refractivity contribution in [1.82, 2.24) is 9.97 Å². The number of hydrogen-bond donors (Lipinski definition) is 2. The van der Waals surface area contributed by atoms with E-state index in [1.54, 1.807) is 41.9 Å². The molecule has 0 saturated carbocycles. The molecule has 9 heteroatoms. The summed E-state index contributed by atoms with van der Waals surface area (Å²) in [6.07, 6.45) is 0. The molecular weight excluding hydrogens is 435 g/mol. The molecular formula is C15H9BrCl2N4OS. The van der Waals surface area contributed by atoms with Gasteiger partial charge < -0.3 is 10.6 Å². The molecule has 0 aliphatic carbocycles. The smallest absolute Gasteiger partial charge is 0.278 e. The number of para-hydroxylation sites is 1. The zero-order valence-electron chi connectivity index (χ0n) is 11.9. The lowest BCUT2D eigenvalue weighted by Gasteiger charge is -2.10. The summed E-state index contributed by atoms with van der Waals surface area (Å²) in [5, 5.41) is 7.22. The number of nitrogens with zero attached hydrogens (tertiary/aromatic N) is 2. The van der Waals surface area contributed by atoms with Crippen LogP contribution in [0.15, 0.2) is 46.5 Å². The van der Waals surface area contributed by atoms with Crippen LogP contribution in [0, 0.1) is 0 Å². The predicted molar refractivity (Wildman–Crippen MR) is 102 cm³/mol. The van der Waals surface area contributed by atoms with Crippen molar-refractivity contribution in [3.05, 3.63) is 62.3 Å². The van der Waals surface area contributed by atoms with Gasteiger partial charge in [0.05, 0.1) is 21.2 Å². The molecule has 0 unspecified atom stereocenters. The minimum Gasteiger partial charge on any atom is -0.343 e. The predicted octanol–water partition coefficient (Wildman–Crippen LogP) is 5.60. The Kier molecular flexibility index (Phi) is 5.35. The SMILES string of the molecule is O=C(Nc1cccc(Br)n1)c1ncsc1Nc1c(Cl)cccc1Cl. The Hall–Kier alpha value is -1.67. The summed E-state index contributed by atoms with van der Waals surface area (Å²) < 4.78 is 0.625. The van der Waals surface area contributed by atoms with Crippen LogP contribution in [-0.2, 0) is 0 Å². The third-order valence-electron chi connectivity index (χ3n) is 2.94. The molecule has 3 aromatic rings. The summed E-state index contributed by atoms with van der Waals surface area (Å²) >= 11 is 16.8. The van der Waals surface area contributed by atoms with Crippen LogP contribution in [0.1, 0.15) is 10.5 Å². The van der Waals surface area contributed by atoms with Gasteiger partial charge in [-0.25, -0.2) is 9.97 Å². The second kappa shape index (κ2) is 7.48. The topological polar surface area (TPSA) is 66.9 Å². The van der Waals surface area contributed by atoms with Crippen molar-refractivity contribution in [2.45, 2.75) is 0 Å². The summed E-state index contributed by atoms with van der Waals surface area (Å²) in [6, 6.07) is 10.4. The highest BCUT2D eigenvalue weighted by molar-refractivity contribution is 9.10. The molecule has 0 fully saturated rings. The van der Waals surface area contributed by atoms with Crippen LogP contribution in [0.5, 0.6) is 0 Å². The van der Waals surface area contributed by atoms with Crippen molar-refractivity contribution in [2.24, 2.45) is 0 Å². The van der Waals surface area contributed by atoms with Gasteiger partial charge in [0.2, 0.25) is 0 Å². The van der Waals surface area contributed by atoms with E-state index in [0.29, 0.717) is 31.2 Å². The molecule has 0 aliphatic rings. The summed E-state index contributed by atoms with van der Waals surface area (Å²) in [5.41, 5.74) is 2.33. The number of aromatic nitrogens is 2. The molecule has 2 heterocycles. The first kappa shape index (κ1) is 17.2. The Morgan fingerprint density at radius 2 is 1.83 bits per heavy atom. The minimum atomic E-state index is -0.382. The average Bonchev–Trinajstić information content (AvgIpc) is 2.99. The highest BCUT2D eigenvalue weighted by Crippen LogP contribution is 2.35. The lowest BCUT2D eigenvalue weighted by Crippen LogP contribution is -2.14. The number of amides is 1. The van der Waals surface area contributed by atoms with Crippen molar-refractivity contribution >= 4 is 72.9 Å². The van der Waals surface area contributed by atoms with Crippen LogP contribution < -0.4 is 10.6 Å². The number of hydrogen-bond acceptors (Lipinski definition) is 5. The highest BCUT2D eigenvalue weighted by Gasteiger charge is 2.17. The van der Waals surface area contributed by atoms with E-state index in [9.17, 15) is 4.79 Å². The van der Waals surface area contributed by atoms with E-state index in [4.69, 9.17) is 23.2 Å². The van der Waals surface area contributed by atoms with Crippen molar-refractivity contribution in [3.8, 4) is 0 Å². The van der Waals surface area contributed by atoms with Gasteiger partial charge in [-0.15, -0.1) is 11.3 Å². The van der Waals surface area contributed by atoms with Crippen LogP contribution in [-0.4, -0.2) is 15.9 Å². The minimum absolute atomic E-state index is 0.234. The Labute approximate surface area is 160 Å². The second-order valence-electron chi connectivity index (χ2n) is 4.55. The van der Waals surface area contributed by atoms with Crippen molar-refractivity contribution in [1.29, 1.82) is 0 Å². The van der Waals surface area contributed by atoms with E-state index in [1.165, 1.54) is 11.3 Å². The molecule has 3 rings (SSSR count). The molecule has 2 N–H and O–H groups in total. The van der Waals surface area contributed by atoms with Gasteiger partial charge in [0, 0.05) is 0 Å². The van der Waals surface area contributed by atoms with Crippen molar-refractivity contribution < 1.29 is 4.79 Å². The summed E-state index contributed by atoms with van der Waals surface area (Å²) in [7, 11) is 0. The molecule has 0 saturated heterocycles. The number of halogens is 3. The third kappa shape index (κ3) is 3.87. The molecule has 1 amide bonds. The Morgan fingerprint density at radius 3 is 2.54 bits per heavy atom. The number of pyridine rings is 1. The van der Waals surface area contributed by atoms with E-state index in [2.05, 4.69) is 36.5 Å². The van der Waals surface area contributed by atoms with E-state index in [1.807, 2.05) is 0 Å². The van der Waals surface area contributed by atoms with Crippen LogP contribution in [0.2, 0.25) is 10.0 Å². The highest BCUT2D eigenvalue weighted by atomic mass is 79.9. The Bertz CT molecular complexity index is 882. The van der Waals surface area contributed by atoms with E-state index < -0.39 is 0 Å². The van der Waals surface area contributed by atoms with Crippen LogP contribution >= 0.6 is 50.5 Å². The molecule has 0 bridgehead atoms. The quantitative estimate of drug-likeness (QED) is 0.514. The molecule has 2 aromatic heterocycles. The molecule has 0 aliphatic heterocycles. The standard InChI is InChI=1S/C15H9BrCl2N4OS/c16-10-5-2-6-11(20-10)21-14(23)13-15(24-7-19-13)22-12-8(17)3-1-4-9(12)18/h1-7,22H,(H,20,21,23). The second-order valence-corrected chi connectivity index (χ2v) is 7.03. The first-order valence-corrected chi connectivity index (χ1v) is 9.06. The van der Waals surface area contributed by atoms with Gasteiger partial charge in [-0.2, -0.15) is 0 Å². The number of nitrogens with one attached hydrogen (secondary N) is 2. The zero-order chi connectivity index (χ0) is 17.1. The number of benzene rings is 1. The van der Waals surface area contributed by atoms with E-state index in [-0.39, 0.29) is 11.6 Å². The maximum Gasteiger partial charge on any atom is 0.278 e. The zero-order valence-corrected chi connectivity index (χ0v) is 15.8. The fourth-order valence-corrected chi connectivity index (χ4v) is 3.40. The van der Waals surface area contributed by atoms with Gasteiger partial charge >= 0.3 is 0 Å². The normalized spacial score (nSPS) is 10.5. The Balaban J connectivity index is 1.84. The van der Waals surface area contributed by atoms with Gasteiger partial charge in [0.15, 0.2) is 5.69 Å². The molecule has 122 valence electrons. The molecule has 1 aromatic carbocycles. The molecule has 0 atom stereocenters. The first-order chi connectivity index (χ1) is 11.5. The van der Waals surface area contributed by atoms with Crippen molar-refractivity contribution in [3.63, 3.8) is 0 Å². The van der Waals surface area contributed by atoms with Gasteiger partial charge in [0.25, 0.3) is 5.91 Å². The monoisotopic (exact) mass is 442 g/mol. The van der Waals surface area contributed by atoms with Gasteiger partial charge in [-0.1, -0.05) is 35.3 Å². The number of thiazole rings is 1. The fourth-order valence-electron chi connectivity index (χ4n) is 1.88. The van der Waals surface area contributed by atoms with Crippen LogP contribution in [0.25, 0.3) is 0 Å². The number of rotatable bonds is 4. The van der Waals surface area contributed by atoms with E-state index in [0.717, 1.165) is 0 Å². The Morgan fingerprint density at radius 1 is 1.12 bits per heavy atom. The lowest BCUT2D eigenvalue weighted by molar-refractivity contribution is 0.102. The summed E-state index contributed by atoms with van der Waals surface area (Å²) in [6.45, 7) is 0. The van der Waals surface area contributed by atoms with Gasteiger partial charge in [0.1, 0.15) is 15.4 Å². The maximum absolute atomic E-state index is 12.4. The number of anilines is 3. The van der Waals surface area contributed by atoms with Crippen LogP contribution in [0.3, 0.4) is 0 Å². The van der Waals surface area contributed by atoms with E-state index >= 15 is 0 Å². The van der Waals surface area contributed by atoms with Gasteiger partial charge in [-0.3, -0.25) is 4.79 Å². The molecule has 0 radical (unpaired) electrons. The first-order valence-electron chi connectivity index (χ1n) is 6.63. The molecule has 5 nitrogen and oxygen atoms in total. The van der Waals surface area contributed by atoms with Gasteiger partial charge in [-0.05, 0) is 40.2 Å². The fraction of sp³-hybridized carbons (Fsp3) is 0. The number of carbonyl (C=O) groups is 1. The lowest BCUT2D eigenvalue weighted by atomic mass is 10.3. The number of carbonyl (C=O) groups excluding carboxylic acids is 1. The van der Waals surface area contributed by atoms with Crippen LogP contribution in [0.4, 0.5) is 16.5 Å². The third-order valence-corrected chi connectivity index (χ3v) is 4.75.